The number of rotatable bonds is 2. The standard InChI is InChI=1S/C15H14F3N3O2/c16-15(17,18)11-7-21(6-10(11)13(19)22)14(23)9-2-1-3-12-8(9)4-5-20-12/h1-5,10-11,20H,6-7H2,(H2,19,22)/t10-,11-/m1/s1. The Hall–Kier alpha value is -2.51. The van der Waals surface area contributed by atoms with E-state index in [1.165, 1.54) is 0 Å². The normalized spacial score (nSPS) is 21.8. The number of halogens is 3. The summed E-state index contributed by atoms with van der Waals surface area (Å²) in [6.07, 6.45) is -2.93. The number of primary amides is 1. The summed E-state index contributed by atoms with van der Waals surface area (Å²) in [6, 6.07) is 6.65. The van der Waals surface area contributed by atoms with Crippen LogP contribution in [0.5, 0.6) is 0 Å². The maximum absolute atomic E-state index is 13.1. The molecule has 1 aliphatic heterocycles. The number of alkyl halides is 3. The molecule has 2 heterocycles. The highest BCUT2D eigenvalue weighted by Crippen LogP contribution is 2.38. The highest BCUT2D eigenvalue weighted by molar-refractivity contribution is 6.06. The van der Waals surface area contributed by atoms with E-state index in [4.69, 9.17) is 5.73 Å². The summed E-state index contributed by atoms with van der Waals surface area (Å²) in [5, 5.41) is 0.628. The lowest BCUT2D eigenvalue weighted by atomic mass is 9.95. The van der Waals surface area contributed by atoms with Gasteiger partial charge >= 0.3 is 6.18 Å². The predicted octanol–water partition coefficient (Wildman–Crippen LogP) is 1.90. The van der Waals surface area contributed by atoms with Gasteiger partial charge in [0.2, 0.25) is 5.91 Å². The molecule has 1 saturated heterocycles. The van der Waals surface area contributed by atoms with Crippen LogP contribution in [0.15, 0.2) is 30.5 Å². The molecular weight excluding hydrogens is 311 g/mol. The first-order chi connectivity index (χ1) is 10.8. The van der Waals surface area contributed by atoms with E-state index in [1.54, 1.807) is 30.5 Å². The second kappa shape index (κ2) is 5.29. The number of carbonyl (C=O) groups is 2. The monoisotopic (exact) mass is 325 g/mol. The second-order valence-electron chi connectivity index (χ2n) is 5.61. The molecule has 1 aromatic heterocycles. The molecule has 2 aromatic rings. The van der Waals surface area contributed by atoms with Crippen LogP contribution in [0.25, 0.3) is 10.9 Å². The lowest BCUT2D eigenvalue weighted by molar-refractivity contribution is -0.182. The third kappa shape index (κ3) is 2.64. The zero-order chi connectivity index (χ0) is 16.8. The molecule has 0 saturated carbocycles. The molecule has 2 amide bonds. The molecule has 122 valence electrons. The van der Waals surface area contributed by atoms with Crippen molar-refractivity contribution in [2.75, 3.05) is 13.1 Å². The quantitative estimate of drug-likeness (QED) is 0.884. The van der Waals surface area contributed by atoms with Crippen molar-refractivity contribution in [3.8, 4) is 0 Å². The van der Waals surface area contributed by atoms with E-state index in [1.807, 2.05) is 0 Å². The number of likely N-dealkylation sites (tertiary alicyclic amines) is 1. The van der Waals surface area contributed by atoms with Crippen LogP contribution >= 0.6 is 0 Å². The molecule has 5 nitrogen and oxygen atoms in total. The molecular formula is C15H14F3N3O2. The molecule has 0 radical (unpaired) electrons. The topological polar surface area (TPSA) is 79.2 Å². The fourth-order valence-electron chi connectivity index (χ4n) is 3.03. The van der Waals surface area contributed by atoms with Gasteiger partial charge < -0.3 is 15.6 Å². The first kappa shape index (κ1) is 15.4. The molecule has 0 spiro atoms. The van der Waals surface area contributed by atoms with Gasteiger partial charge in [-0.05, 0) is 18.2 Å². The Balaban J connectivity index is 1.92. The van der Waals surface area contributed by atoms with Crippen molar-refractivity contribution in [2.45, 2.75) is 6.18 Å². The van der Waals surface area contributed by atoms with Gasteiger partial charge in [-0.3, -0.25) is 9.59 Å². The average molecular weight is 325 g/mol. The summed E-state index contributed by atoms with van der Waals surface area (Å²) in [7, 11) is 0. The number of nitrogens with two attached hydrogens (primary N) is 1. The predicted molar refractivity (Wildman–Crippen MR) is 76.4 cm³/mol. The van der Waals surface area contributed by atoms with Crippen LogP contribution < -0.4 is 5.73 Å². The Kier molecular flexibility index (Phi) is 3.54. The molecule has 0 aliphatic carbocycles. The molecule has 1 aliphatic rings. The molecule has 3 N–H and O–H groups in total. The highest BCUT2D eigenvalue weighted by atomic mass is 19.4. The number of fused-ring (bicyclic) bond motifs is 1. The number of hydrogen-bond acceptors (Lipinski definition) is 2. The number of amides is 2. The molecule has 1 aromatic carbocycles. The van der Waals surface area contributed by atoms with Gasteiger partial charge in [0.15, 0.2) is 0 Å². The summed E-state index contributed by atoms with van der Waals surface area (Å²) < 4.78 is 39.2. The molecule has 1 fully saturated rings. The summed E-state index contributed by atoms with van der Waals surface area (Å²) in [5.74, 6) is -4.91. The van der Waals surface area contributed by atoms with Crippen LogP contribution in [-0.4, -0.2) is 41.0 Å². The molecule has 23 heavy (non-hydrogen) atoms. The third-order valence-electron chi connectivity index (χ3n) is 4.22. The SMILES string of the molecule is NC(=O)[C@@H]1CN(C(=O)c2cccc3[nH]ccc23)C[C@H]1C(F)(F)F. The van der Waals surface area contributed by atoms with Crippen molar-refractivity contribution >= 4 is 22.7 Å². The summed E-state index contributed by atoms with van der Waals surface area (Å²) in [6.45, 7) is -0.879. The lowest BCUT2D eigenvalue weighted by Crippen LogP contribution is -2.37. The number of carbonyl (C=O) groups excluding carboxylic acids is 2. The fourth-order valence-corrected chi connectivity index (χ4v) is 3.03. The number of nitrogens with one attached hydrogen (secondary N) is 1. The number of aromatic amines is 1. The van der Waals surface area contributed by atoms with E-state index in [0.717, 1.165) is 4.90 Å². The van der Waals surface area contributed by atoms with Crippen molar-refractivity contribution < 1.29 is 22.8 Å². The van der Waals surface area contributed by atoms with Crippen LogP contribution in [-0.2, 0) is 4.79 Å². The van der Waals surface area contributed by atoms with Crippen LogP contribution in [0, 0.1) is 11.8 Å². The van der Waals surface area contributed by atoms with E-state index in [9.17, 15) is 22.8 Å². The minimum Gasteiger partial charge on any atom is -0.369 e. The smallest absolute Gasteiger partial charge is 0.369 e. The zero-order valence-corrected chi connectivity index (χ0v) is 11.9. The van der Waals surface area contributed by atoms with Crippen LogP contribution in [0.2, 0.25) is 0 Å². The summed E-state index contributed by atoms with van der Waals surface area (Å²) >= 11 is 0. The maximum Gasteiger partial charge on any atom is 0.394 e. The van der Waals surface area contributed by atoms with Crippen molar-refractivity contribution in [2.24, 2.45) is 17.6 Å². The Morgan fingerprint density at radius 3 is 2.57 bits per heavy atom. The van der Waals surface area contributed by atoms with Gasteiger partial charge in [0.1, 0.15) is 0 Å². The van der Waals surface area contributed by atoms with Crippen LogP contribution in [0.3, 0.4) is 0 Å². The van der Waals surface area contributed by atoms with Crippen molar-refractivity contribution in [3.05, 3.63) is 36.0 Å². The fraction of sp³-hybridized carbons (Fsp3) is 0.333. The summed E-state index contributed by atoms with van der Waals surface area (Å²) in [5.41, 5.74) is 6.10. The van der Waals surface area contributed by atoms with Gasteiger partial charge in [0, 0.05) is 35.8 Å². The van der Waals surface area contributed by atoms with Gasteiger partial charge in [0.25, 0.3) is 5.91 Å². The van der Waals surface area contributed by atoms with E-state index in [2.05, 4.69) is 4.98 Å². The molecule has 2 atom stereocenters. The van der Waals surface area contributed by atoms with Crippen molar-refractivity contribution in [1.29, 1.82) is 0 Å². The van der Waals surface area contributed by atoms with E-state index >= 15 is 0 Å². The lowest BCUT2D eigenvalue weighted by Gasteiger charge is -2.19. The van der Waals surface area contributed by atoms with Gasteiger partial charge in [0.05, 0.1) is 11.8 Å². The Bertz CT molecular complexity index is 769. The molecule has 0 bridgehead atoms. The third-order valence-corrected chi connectivity index (χ3v) is 4.22. The number of H-pyrrole nitrogens is 1. The Labute approximate surface area is 129 Å². The minimum absolute atomic E-state index is 0.301. The minimum atomic E-state index is -4.57. The van der Waals surface area contributed by atoms with Gasteiger partial charge in [-0.15, -0.1) is 0 Å². The largest absolute Gasteiger partial charge is 0.394 e. The Morgan fingerprint density at radius 2 is 1.96 bits per heavy atom. The van der Waals surface area contributed by atoms with Crippen LogP contribution in [0.4, 0.5) is 13.2 Å². The van der Waals surface area contributed by atoms with E-state index in [0.29, 0.717) is 16.5 Å². The molecule has 0 unspecified atom stereocenters. The van der Waals surface area contributed by atoms with Crippen molar-refractivity contribution in [1.82, 2.24) is 9.88 Å². The first-order valence-corrected chi connectivity index (χ1v) is 7.00. The number of hydrogen-bond donors (Lipinski definition) is 2. The summed E-state index contributed by atoms with van der Waals surface area (Å²) in [4.78, 5) is 27.9. The number of benzene rings is 1. The second-order valence-corrected chi connectivity index (χ2v) is 5.61. The van der Waals surface area contributed by atoms with Gasteiger partial charge in [-0.25, -0.2) is 0 Å². The average Bonchev–Trinajstić information content (AvgIpc) is 3.12. The number of aromatic nitrogens is 1. The first-order valence-electron chi connectivity index (χ1n) is 7.00. The van der Waals surface area contributed by atoms with Gasteiger partial charge in [-0.2, -0.15) is 13.2 Å². The Morgan fingerprint density at radius 1 is 1.22 bits per heavy atom. The van der Waals surface area contributed by atoms with E-state index in [-0.39, 0.29) is 6.54 Å². The van der Waals surface area contributed by atoms with E-state index < -0.39 is 36.4 Å². The zero-order valence-electron chi connectivity index (χ0n) is 11.9. The number of nitrogens with zero attached hydrogens (tertiary/aromatic N) is 1. The van der Waals surface area contributed by atoms with Gasteiger partial charge in [-0.1, -0.05) is 6.07 Å². The molecule has 8 heteroatoms. The maximum atomic E-state index is 13.1. The van der Waals surface area contributed by atoms with Crippen molar-refractivity contribution in [3.63, 3.8) is 0 Å². The highest BCUT2D eigenvalue weighted by Gasteiger charge is 2.52. The molecule has 3 rings (SSSR count). The van der Waals surface area contributed by atoms with Crippen LogP contribution in [0.1, 0.15) is 10.4 Å².